The molecule has 1 saturated heterocycles. The quantitative estimate of drug-likeness (QED) is 0.885. The van der Waals surface area contributed by atoms with Gasteiger partial charge in [0.05, 0.1) is 18.1 Å². The fourth-order valence-electron chi connectivity index (χ4n) is 2.65. The molecular formula is C17H19BrN4O. The maximum Gasteiger partial charge on any atom is 0.275 e. The number of halogens is 1. The molecule has 23 heavy (non-hydrogen) atoms. The molecular weight excluding hydrogens is 356 g/mol. The van der Waals surface area contributed by atoms with Gasteiger partial charge in [0.2, 0.25) is 0 Å². The molecule has 2 heterocycles. The van der Waals surface area contributed by atoms with Crippen molar-refractivity contribution in [1.82, 2.24) is 9.97 Å². The highest BCUT2D eigenvalue weighted by Crippen LogP contribution is 2.22. The van der Waals surface area contributed by atoms with E-state index in [9.17, 15) is 4.79 Å². The van der Waals surface area contributed by atoms with E-state index >= 15 is 0 Å². The second kappa shape index (κ2) is 7.55. The van der Waals surface area contributed by atoms with Crippen molar-refractivity contribution in [1.29, 1.82) is 0 Å². The third-order valence-corrected chi connectivity index (χ3v) is 4.61. The van der Waals surface area contributed by atoms with Crippen LogP contribution < -0.4 is 10.2 Å². The normalized spacial score (nSPS) is 15.1. The molecule has 1 aliphatic rings. The summed E-state index contributed by atoms with van der Waals surface area (Å²) in [5.41, 5.74) is 1.04. The van der Waals surface area contributed by atoms with E-state index in [0.717, 1.165) is 29.1 Å². The maximum atomic E-state index is 12.3. The van der Waals surface area contributed by atoms with E-state index in [1.807, 2.05) is 24.3 Å². The van der Waals surface area contributed by atoms with Crippen molar-refractivity contribution in [3.05, 3.63) is 46.8 Å². The number of para-hydroxylation sites is 1. The first kappa shape index (κ1) is 15.9. The topological polar surface area (TPSA) is 58.1 Å². The third kappa shape index (κ3) is 4.07. The summed E-state index contributed by atoms with van der Waals surface area (Å²) in [6, 6.07) is 7.48. The maximum absolute atomic E-state index is 12.3. The van der Waals surface area contributed by atoms with Gasteiger partial charge in [0.1, 0.15) is 11.5 Å². The van der Waals surface area contributed by atoms with Crippen molar-refractivity contribution in [2.24, 2.45) is 0 Å². The molecule has 0 aliphatic carbocycles. The largest absolute Gasteiger partial charge is 0.355 e. The van der Waals surface area contributed by atoms with Gasteiger partial charge in [-0.3, -0.25) is 4.79 Å². The molecule has 1 aromatic carbocycles. The second-order valence-electron chi connectivity index (χ2n) is 5.60. The first-order chi connectivity index (χ1) is 11.2. The number of nitrogens with zero attached hydrogens (tertiary/aromatic N) is 3. The van der Waals surface area contributed by atoms with Gasteiger partial charge in [0.25, 0.3) is 5.91 Å². The van der Waals surface area contributed by atoms with Gasteiger partial charge in [0.15, 0.2) is 0 Å². The molecule has 5 nitrogen and oxygen atoms in total. The summed E-state index contributed by atoms with van der Waals surface area (Å²) in [5, 5.41) is 2.83. The van der Waals surface area contributed by atoms with E-state index in [0.29, 0.717) is 5.69 Å². The van der Waals surface area contributed by atoms with Crippen LogP contribution in [-0.2, 0) is 0 Å². The summed E-state index contributed by atoms with van der Waals surface area (Å²) in [4.78, 5) is 23.2. The van der Waals surface area contributed by atoms with Crippen LogP contribution in [0.4, 0.5) is 11.5 Å². The Morgan fingerprint density at radius 1 is 1.04 bits per heavy atom. The summed E-state index contributed by atoms with van der Waals surface area (Å²) in [7, 11) is 0. The molecule has 0 atom stereocenters. The number of rotatable bonds is 3. The lowest BCUT2D eigenvalue weighted by Crippen LogP contribution is -2.25. The molecule has 0 radical (unpaired) electrons. The molecule has 0 spiro atoms. The lowest BCUT2D eigenvalue weighted by Gasteiger charge is -2.20. The van der Waals surface area contributed by atoms with Crippen LogP contribution in [0.15, 0.2) is 41.1 Å². The highest BCUT2D eigenvalue weighted by molar-refractivity contribution is 9.10. The lowest BCUT2D eigenvalue weighted by atomic mass is 10.2. The van der Waals surface area contributed by atoms with Gasteiger partial charge in [-0.05, 0) is 40.9 Å². The minimum absolute atomic E-state index is 0.258. The zero-order valence-electron chi connectivity index (χ0n) is 12.8. The van der Waals surface area contributed by atoms with Gasteiger partial charge in [-0.2, -0.15) is 0 Å². The smallest absolute Gasteiger partial charge is 0.275 e. The monoisotopic (exact) mass is 374 g/mol. The molecule has 0 unspecified atom stereocenters. The highest BCUT2D eigenvalue weighted by atomic mass is 79.9. The van der Waals surface area contributed by atoms with Crippen molar-refractivity contribution in [3.8, 4) is 0 Å². The van der Waals surface area contributed by atoms with Crippen LogP contribution in [0.25, 0.3) is 0 Å². The van der Waals surface area contributed by atoms with E-state index < -0.39 is 0 Å². The molecule has 0 saturated carbocycles. The average molecular weight is 375 g/mol. The highest BCUT2D eigenvalue weighted by Gasteiger charge is 2.14. The van der Waals surface area contributed by atoms with Gasteiger partial charge in [-0.25, -0.2) is 9.97 Å². The number of hydrogen-bond donors (Lipinski definition) is 1. The predicted octanol–water partition coefficient (Wildman–Crippen LogP) is 3.87. The third-order valence-electron chi connectivity index (χ3n) is 3.92. The van der Waals surface area contributed by atoms with Gasteiger partial charge in [0, 0.05) is 17.6 Å². The zero-order chi connectivity index (χ0) is 16.1. The molecule has 1 N–H and O–H groups in total. The van der Waals surface area contributed by atoms with E-state index in [1.54, 1.807) is 12.4 Å². The minimum atomic E-state index is -0.258. The molecule has 1 aliphatic heterocycles. The lowest BCUT2D eigenvalue weighted by molar-refractivity contribution is 0.102. The molecule has 0 bridgehead atoms. The van der Waals surface area contributed by atoms with Crippen molar-refractivity contribution in [2.75, 3.05) is 23.3 Å². The minimum Gasteiger partial charge on any atom is -0.355 e. The summed E-state index contributed by atoms with van der Waals surface area (Å²) in [6.45, 7) is 2.02. The Morgan fingerprint density at radius 3 is 2.43 bits per heavy atom. The van der Waals surface area contributed by atoms with Crippen LogP contribution in [0.1, 0.15) is 36.2 Å². The Bertz CT molecular complexity index is 667. The number of aromatic nitrogens is 2. The Kier molecular flexibility index (Phi) is 5.23. The van der Waals surface area contributed by atoms with Crippen LogP contribution in [0.3, 0.4) is 0 Å². The van der Waals surface area contributed by atoms with Gasteiger partial charge >= 0.3 is 0 Å². The van der Waals surface area contributed by atoms with Gasteiger partial charge in [-0.15, -0.1) is 0 Å². The Balaban J connectivity index is 1.69. The number of amides is 1. The number of benzene rings is 1. The molecule has 1 aromatic heterocycles. The van der Waals surface area contributed by atoms with Crippen LogP contribution >= 0.6 is 15.9 Å². The summed E-state index contributed by atoms with van der Waals surface area (Å²) >= 11 is 3.41. The second-order valence-corrected chi connectivity index (χ2v) is 6.45. The van der Waals surface area contributed by atoms with Gasteiger partial charge < -0.3 is 10.2 Å². The molecule has 2 aromatic rings. The van der Waals surface area contributed by atoms with Crippen molar-refractivity contribution in [3.63, 3.8) is 0 Å². The SMILES string of the molecule is O=C(Nc1ccccc1Br)c1cnc(N2CCCCCC2)cn1. The van der Waals surface area contributed by atoms with E-state index in [4.69, 9.17) is 0 Å². The number of hydrogen-bond acceptors (Lipinski definition) is 4. The Morgan fingerprint density at radius 2 is 1.78 bits per heavy atom. The van der Waals surface area contributed by atoms with Gasteiger partial charge in [-0.1, -0.05) is 25.0 Å². The molecule has 120 valence electrons. The number of anilines is 2. The van der Waals surface area contributed by atoms with Crippen molar-refractivity contribution in [2.45, 2.75) is 25.7 Å². The molecule has 1 amide bonds. The molecule has 3 rings (SSSR count). The fraction of sp³-hybridized carbons (Fsp3) is 0.353. The Labute approximate surface area is 144 Å². The van der Waals surface area contributed by atoms with E-state index in [2.05, 4.69) is 36.1 Å². The van der Waals surface area contributed by atoms with E-state index in [-0.39, 0.29) is 5.91 Å². The zero-order valence-corrected chi connectivity index (χ0v) is 14.4. The average Bonchev–Trinajstić information content (AvgIpc) is 2.86. The first-order valence-corrected chi connectivity index (χ1v) is 8.66. The van der Waals surface area contributed by atoms with Crippen molar-refractivity contribution < 1.29 is 4.79 Å². The number of nitrogens with one attached hydrogen (secondary N) is 1. The van der Waals surface area contributed by atoms with Crippen LogP contribution in [0.2, 0.25) is 0 Å². The predicted molar refractivity (Wildman–Crippen MR) is 94.8 cm³/mol. The van der Waals surface area contributed by atoms with E-state index in [1.165, 1.54) is 25.7 Å². The molecule has 1 fully saturated rings. The summed E-state index contributed by atoms with van der Waals surface area (Å²) in [5.74, 6) is 0.594. The molecule has 6 heteroatoms. The van der Waals surface area contributed by atoms with Crippen LogP contribution in [0.5, 0.6) is 0 Å². The number of carbonyl (C=O) groups is 1. The van der Waals surface area contributed by atoms with Crippen molar-refractivity contribution >= 4 is 33.3 Å². The standard InChI is InChI=1S/C17H19BrN4O/c18-13-7-3-4-8-14(13)21-17(23)15-11-20-16(12-19-15)22-9-5-1-2-6-10-22/h3-4,7-8,11-12H,1-2,5-6,9-10H2,(H,21,23). The summed E-state index contributed by atoms with van der Waals surface area (Å²) in [6.07, 6.45) is 8.16. The van der Waals surface area contributed by atoms with Crippen LogP contribution in [0, 0.1) is 0 Å². The fourth-order valence-corrected chi connectivity index (χ4v) is 3.03. The first-order valence-electron chi connectivity index (χ1n) is 7.87. The Hall–Kier alpha value is -1.95. The van der Waals surface area contributed by atoms with Crippen LogP contribution in [-0.4, -0.2) is 29.0 Å². The summed E-state index contributed by atoms with van der Waals surface area (Å²) < 4.78 is 0.836. The number of carbonyl (C=O) groups excluding carboxylic acids is 1.